The summed E-state index contributed by atoms with van der Waals surface area (Å²) < 4.78 is 5.07. The number of ether oxygens (including phenoxy) is 1. The van der Waals surface area contributed by atoms with Crippen molar-refractivity contribution >= 4 is 11.7 Å². The molecule has 0 saturated heterocycles. The molecule has 2 aromatic rings. The SMILES string of the molecule is Nc1ccc(C[C@@H](O)C(=O)OCc2ccccc2)cc1. The Morgan fingerprint density at radius 2 is 1.70 bits per heavy atom. The minimum atomic E-state index is -1.16. The molecule has 3 N–H and O–H groups in total. The monoisotopic (exact) mass is 271 g/mol. The quantitative estimate of drug-likeness (QED) is 0.643. The van der Waals surface area contributed by atoms with Gasteiger partial charge in [-0.2, -0.15) is 0 Å². The van der Waals surface area contributed by atoms with Crippen molar-refractivity contribution in [2.24, 2.45) is 0 Å². The molecule has 0 bridgehead atoms. The number of carbonyl (C=O) groups is 1. The zero-order valence-electron chi connectivity index (χ0n) is 11.0. The Kier molecular flexibility index (Phi) is 4.74. The fourth-order valence-corrected chi connectivity index (χ4v) is 1.79. The average molecular weight is 271 g/mol. The Labute approximate surface area is 117 Å². The number of nitrogen functional groups attached to an aromatic ring is 1. The number of anilines is 1. The minimum Gasteiger partial charge on any atom is -0.459 e. The van der Waals surface area contributed by atoms with Crippen LogP contribution in [0.1, 0.15) is 11.1 Å². The number of aliphatic hydroxyl groups excluding tert-OH is 1. The van der Waals surface area contributed by atoms with Crippen molar-refractivity contribution in [1.82, 2.24) is 0 Å². The van der Waals surface area contributed by atoms with Crippen molar-refractivity contribution in [2.45, 2.75) is 19.1 Å². The van der Waals surface area contributed by atoms with Gasteiger partial charge < -0.3 is 15.6 Å². The molecule has 0 aromatic heterocycles. The second-order valence-electron chi connectivity index (χ2n) is 4.55. The summed E-state index contributed by atoms with van der Waals surface area (Å²) in [7, 11) is 0. The predicted octanol–water partition coefficient (Wildman–Crippen LogP) is 1.92. The van der Waals surface area contributed by atoms with Crippen molar-refractivity contribution in [1.29, 1.82) is 0 Å². The Balaban J connectivity index is 1.84. The van der Waals surface area contributed by atoms with Gasteiger partial charge in [0.2, 0.25) is 0 Å². The van der Waals surface area contributed by atoms with Gasteiger partial charge in [0.05, 0.1) is 0 Å². The molecule has 0 aliphatic rings. The molecule has 0 radical (unpaired) electrons. The van der Waals surface area contributed by atoms with Crippen LogP contribution >= 0.6 is 0 Å². The number of aliphatic hydroxyl groups is 1. The predicted molar refractivity (Wildman–Crippen MR) is 76.8 cm³/mol. The normalized spacial score (nSPS) is 11.8. The lowest BCUT2D eigenvalue weighted by Crippen LogP contribution is -2.25. The number of benzene rings is 2. The van der Waals surface area contributed by atoms with E-state index in [-0.39, 0.29) is 13.0 Å². The van der Waals surface area contributed by atoms with Gasteiger partial charge in [0, 0.05) is 12.1 Å². The molecular weight excluding hydrogens is 254 g/mol. The highest BCUT2D eigenvalue weighted by atomic mass is 16.5. The lowest BCUT2D eigenvalue weighted by Gasteiger charge is -2.11. The smallest absolute Gasteiger partial charge is 0.335 e. The second kappa shape index (κ2) is 6.73. The van der Waals surface area contributed by atoms with Crippen molar-refractivity contribution in [3.8, 4) is 0 Å². The van der Waals surface area contributed by atoms with Gasteiger partial charge in [-0.3, -0.25) is 0 Å². The molecule has 4 heteroatoms. The Hall–Kier alpha value is -2.33. The van der Waals surface area contributed by atoms with Crippen molar-refractivity contribution in [2.75, 3.05) is 5.73 Å². The summed E-state index contributed by atoms with van der Waals surface area (Å²) in [4.78, 5) is 11.7. The van der Waals surface area contributed by atoms with Crippen LogP contribution in [-0.2, 0) is 22.6 Å². The number of nitrogens with two attached hydrogens (primary N) is 1. The number of carbonyl (C=O) groups excluding carboxylic acids is 1. The molecule has 2 rings (SSSR count). The first-order valence-corrected chi connectivity index (χ1v) is 6.38. The van der Waals surface area contributed by atoms with E-state index in [0.29, 0.717) is 5.69 Å². The molecule has 0 saturated carbocycles. The van der Waals surface area contributed by atoms with Gasteiger partial charge in [0.1, 0.15) is 6.61 Å². The number of rotatable bonds is 5. The van der Waals surface area contributed by atoms with Crippen LogP contribution in [0.5, 0.6) is 0 Å². The van der Waals surface area contributed by atoms with Crippen LogP contribution in [-0.4, -0.2) is 17.2 Å². The maximum Gasteiger partial charge on any atom is 0.335 e. The van der Waals surface area contributed by atoms with E-state index in [1.807, 2.05) is 30.3 Å². The Morgan fingerprint density at radius 3 is 2.35 bits per heavy atom. The summed E-state index contributed by atoms with van der Waals surface area (Å²) in [6, 6.07) is 16.4. The second-order valence-corrected chi connectivity index (χ2v) is 4.55. The van der Waals surface area contributed by atoms with Crippen LogP contribution in [0, 0.1) is 0 Å². The van der Waals surface area contributed by atoms with Crippen molar-refractivity contribution in [3.05, 3.63) is 65.7 Å². The zero-order chi connectivity index (χ0) is 14.4. The number of hydrogen-bond acceptors (Lipinski definition) is 4. The van der Waals surface area contributed by atoms with Crippen molar-refractivity contribution < 1.29 is 14.6 Å². The van der Waals surface area contributed by atoms with Crippen LogP contribution in [0.25, 0.3) is 0 Å². The molecule has 0 unspecified atom stereocenters. The number of esters is 1. The molecule has 0 fully saturated rings. The largest absolute Gasteiger partial charge is 0.459 e. The fourth-order valence-electron chi connectivity index (χ4n) is 1.79. The highest BCUT2D eigenvalue weighted by molar-refractivity contribution is 5.74. The molecule has 0 amide bonds. The van der Waals surface area contributed by atoms with Gasteiger partial charge in [-0.15, -0.1) is 0 Å². The third kappa shape index (κ3) is 4.10. The molecule has 4 nitrogen and oxygen atoms in total. The van der Waals surface area contributed by atoms with Gasteiger partial charge >= 0.3 is 5.97 Å². The van der Waals surface area contributed by atoms with Crippen LogP contribution in [0.4, 0.5) is 5.69 Å². The average Bonchev–Trinajstić information content (AvgIpc) is 2.48. The summed E-state index contributed by atoms with van der Waals surface area (Å²) >= 11 is 0. The summed E-state index contributed by atoms with van der Waals surface area (Å²) in [6.45, 7) is 0.165. The molecular formula is C16H17NO3. The van der Waals surface area contributed by atoms with Gasteiger partial charge in [0.25, 0.3) is 0 Å². The third-order valence-electron chi connectivity index (χ3n) is 2.90. The van der Waals surface area contributed by atoms with Crippen LogP contribution < -0.4 is 5.73 Å². The molecule has 0 aliphatic heterocycles. The fraction of sp³-hybridized carbons (Fsp3) is 0.188. The molecule has 0 spiro atoms. The van der Waals surface area contributed by atoms with E-state index in [1.165, 1.54) is 0 Å². The van der Waals surface area contributed by atoms with Gasteiger partial charge in [-0.05, 0) is 23.3 Å². The first-order chi connectivity index (χ1) is 9.65. The highest BCUT2D eigenvalue weighted by Crippen LogP contribution is 2.09. The van der Waals surface area contributed by atoms with Crippen LogP contribution in [0.2, 0.25) is 0 Å². The molecule has 104 valence electrons. The van der Waals surface area contributed by atoms with Gasteiger partial charge in [-0.1, -0.05) is 42.5 Å². The zero-order valence-corrected chi connectivity index (χ0v) is 11.0. The first-order valence-electron chi connectivity index (χ1n) is 6.38. The molecule has 1 atom stereocenters. The van der Waals surface area contributed by atoms with E-state index in [2.05, 4.69) is 0 Å². The standard InChI is InChI=1S/C16H17NO3/c17-14-8-6-12(7-9-14)10-15(18)16(19)20-11-13-4-2-1-3-5-13/h1-9,15,18H,10-11,17H2/t15-/m1/s1. The highest BCUT2D eigenvalue weighted by Gasteiger charge is 2.17. The summed E-state index contributed by atoms with van der Waals surface area (Å²) in [6.07, 6.45) is -0.948. The van der Waals surface area contributed by atoms with E-state index in [1.54, 1.807) is 24.3 Å². The van der Waals surface area contributed by atoms with Crippen molar-refractivity contribution in [3.63, 3.8) is 0 Å². The Morgan fingerprint density at radius 1 is 1.05 bits per heavy atom. The maximum atomic E-state index is 11.7. The molecule has 2 aromatic carbocycles. The van der Waals surface area contributed by atoms with Crippen LogP contribution in [0.15, 0.2) is 54.6 Å². The lowest BCUT2D eigenvalue weighted by molar-refractivity contribution is -0.154. The Bertz CT molecular complexity index is 552. The van der Waals surface area contributed by atoms with E-state index in [4.69, 9.17) is 10.5 Å². The lowest BCUT2D eigenvalue weighted by atomic mass is 10.1. The maximum absolute atomic E-state index is 11.7. The van der Waals surface area contributed by atoms with E-state index in [9.17, 15) is 9.90 Å². The summed E-state index contributed by atoms with van der Waals surface area (Å²) in [5.41, 5.74) is 7.95. The summed E-state index contributed by atoms with van der Waals surface area (Å²) in [5, 5.41) is 9.81. The van der Waals surface area contributed by atoms with Crippen LogP contribution in [0.3, 0.4) is 0 Å². The molecule has 20 heavy (non-hydrogen) atoms. The van der Waals surface area contributed by atoms with E-state index >= 15 is 0 Å². The topological polar surface area (TPSA) is 72.5 Å². The molecule has 0 heterocycles. The summed E-state index contributed by atoms with van der Waals surface area (Å²) in [5.74, 6) is -0.620. The van der Waals surface area contributed by atoms with Gasteiger partial charge in [-0.25, -0.2) is 4.79 Å². The third-order valence-corrected chi connectivity index (χ3v) is 2.90. The molecule has 0 aliphatic carbocycles. The van der Waals surface area contributed by atoms with Gasteiger partial charge in [0.15, 0.2) is 6.10 Å². The first kappa shape index (κ1) is 14.1. The minimum absolute atomic E-state index is 0.165. The number of hydrogen-bond donors (Lipinski definition) is 2. The van der Waals surface area contributed by atoms with E-state index in [0.717, 1.165) is 11.1 Å². The van der Waals surface area contributed by atoms with E-state index < -0.39 is 12.1 Å².